The molecule has 0 radical (unpaired) electrons. The van der Waals surface area contributed by atoms with Crippen LogP contribution in [0.3, 0.4) is 0 Å². The number of rotatable bonds is 5. The third kappa shape index (κ3) is 4.55. The monoisotopic (exact) mass is 316 g/mol. The first-order valence-electron chi connectivity index (χ1n) is 8.91. The van der Waals surface area contributed by atoms with Crippen LogP contribution in [0, 0.1) is 0 Å². The summed E-state index contributed by atoms with van der Waals surface area (Å²) >= 11 is 0. The van der Waals surface area contributed by atoms with Crippen LogP contribution in [0.1, 0.15) is 37.7 Å². The smallest absolute Gasteiger partial charge is 0.225 e. The van der Waals surface area contributed by atoms with Gasteiger partial charge >= 0.3 is 0 Å². The van der Waals surface area contributed by atoms with Crippen molar-refractivity contribution < 1.29 is 9.90 Å². The standard InChI is InChI=1S/C19H28N2O2/c22-18(16-19(23)9-4-5-10-19)21-14-12-20(13-15-21)11-8-17-6-2-1-3-7-17/h1-3,6-7,23H,4-5,8-16H2. The molecule has 0 spiro atoms. The van der Waals surface area contributed by atoms with Crippen molar-refractivity contribution in [3.05, 3.63) is 35.9 Å². The number of hydrogen-bond acceptors (Lipinski definition) is 3. The van der Waals surface area contributed by atoms with E-state index in [1.165, 1.54) is 5.56 Å². The van der Waals surface area contributed by atoms with Gasteiger partial charge in [-0.15, -0.1) is 0 Å². The van der Waals surface area contributed by atoms with Gasteiger partial charge in [0.2, 0.25) is 5.91 Å². The van der Waals surface area contributed by atoms with Crippen LogP contribution in [0.15, 0.2) is 30.3 Å². The zero-order valence-electron chi connectivity index (χ0n) is 13.9. The van der Waals surface area contributed by atoms with Crippen molar-refractivity contribution in [2.75, 3.05) is 32.7 Å². The number of carbonyl (C=O) groups excluding carboxylic acids is 1. The maximum Gasteiger partial charge on any atom is 0.225 e. The molecule has 1 aromatic carbocycles. The molecule has 4 nitrogen and oxygen atoms in total. The Morgan fingerprint density at radius 1 is 1.04 bits per heavy atom. The first kappa shape index (κ1) is 16.5. The van der Waals surface area contributed by atoms with E-state index in [1.807, 2.05) is 11.0 Å². The van der Waals surface area contributed by atoms with E-state index in [9.17, 15) is 9.90 Å². The summed E-state index contributed by atoms with van der Waals surface area (Å²) in [5.41, 5.74) is 0.649. The second-order valence-corrected chi connectivity index (χ2v) is 7.07. The Labute approximate surface area is 139 Å². The molecule has 1 heterocycles. The molecule has 3 rings (SSSR count). The lowest BCUT2D eigenvalue weighted by atomic mass is 9.97. The predicted molar refractivity (Wildman–Crippen MR) is 91.2 cm³/mol. The number of aliphatic hydroxyl groups is 1. The molecule has 23 heavy (non-hydrogen) atoms. The van der Waals surface area contributed by atoms with E-state index in [0.29, 0.717) is 6.42 Å². The van der Waals surface area contributed by atoms with Gasteiger partial charge in [0.25, 0.3) is 0 Å². The largest absolute Gasteiger partial charge is 0.389 e. The quantitative estimate of drug-likeness (QED) is 0.904. The Morgan fingerprint density at radius 2 is 1.70 bits per heavy atom. The van der Waals surface area contributed by atoms with Crippen molar-refractivity contribution >= 4 is 5.91 Å². The summed E-state index contributed by atoms with van der Waals surface area (Å²) in [6.07, 6.45) is 5.06. The molecule has 1 N–H and O–H groups in total. The van der Waals surface area contributed by atoms with Crippen molar-refractivity contribution in [2.24, 2.45) is 0 Å². The number of benzene rings is 1. The number of nitrogens with zero attached hydrogens (tertiary/aromatic N) is 2. The van der Waals surface area contributed by atoms with E-state index in [4.69, 9.17) is 0 Å². The van der Waals surface area contributed by atoms with Crippen LogP contribution >= 0.6 is 0 Å². The average Bonchev–Trinajstić information content (AvgIpc) is 3.00. The van der Waals surface area contributed by atoms with Gasteiger partial charge in [-0.3, -0.25) is 9.69 Å². The maximum atomic E-state index is 12.4. The highest BCUT2D eigenvalue weighted by Gasteiger charge is 2.35. The van der Waals surface area contributed by atoms with Gasteiger partial charge in [-0.1, -0.05) is 43.2 Å². The molecule has 2 aliphatic rings. The SMILES string of the molecule is O=C(CC1(O)CCCC1)N1CCN(CCc2ccccc2)CC1. The van der Waals surface area contributed by atoms with Crippen molar-refractivity contribution in [3.63, 3.8) is 0 Å². The Bertz CT molecular complexity index is 503. The fraction of sp³-hybridized carbons (Fsp3) is 0.632. The predicted octanol–water partition coefficient (Wildman–Crippen LogP) is 2.07. The molecule has 1 aromatic rings. The lowest BCUT2D eigenvalue weighted by molar-refractivity contribution is -0.138. The highest BCUT2D eigenvalue weighted by Crippen LogP contribution is 2.32. The Hall–Kier alpha value is -1.39. The van der Waals surface area contributed by atoms with Crippen molar-refractivity contribution in [2.45, 2.75) is 44.1 Å². The Balaban J connectivity index is 1.40. The zero-order valence-corrected chi connectivity index (χ0v) is 13.9. The fourth-order valence-electron chi connectivity index (χ4n) is 3.76. The summed E-state index contributed by atoms with van der Waals surface area (Å²) in [6, 6.07) is 10.6. The fourth-order valence-corrected chi connectivity index (χ4v) is 3.76. The van der Waals surface area contributed by atoms with Gasteiger partial charge in [-0.05, 0) is 24.8 Å². The minimum absolute atomic E-state index is 0.136. The molecular weight excluding hydrogens is 288 g/mol. The van der Waals surface area contributed by atoms with E-state index in [1.54, 1.807) is 0 Å². The molecule has 1 aliphatic heterocycles. The lowest BCUT2D eigenvalue weighted by Gasteiger charge is -2.36. The highest BCUT2D eigenvalue weighted by molar-refractivity contribution is 5.77. The molecule has 0 unspecified atom stereocenters. The first-order chi connectivity index (χ1) is 11.1. The molecule has 1 saturated carbocycles. The molecular formula is C19H28N2O2. The van der Waals surface area contributed by atoms with Gasteiger partial charge in [0, 0.05) is 32.7 Å². The molecule has 0 aromatic heterocycles. The number of carbonyl (C=O) groups is 1. The summed E-state index contributed by atoms with van der Waals surface area (Å²) < 4.78 is 0. The van der Waals surface area contributed by atoms with E-state index in [-0.39, 0.29) is 5.91 Å². The van der Waals surface area contributed by atoms with Crippen LogP contribution in [-0.4, -0.2) is 59.1 Å². The second kappa shape index (κ2) is 7.45. The molecule has 1 amide bonds. The molecule has 1 aliphatic carbocycles. The normalized spacial score (nSPS) is 21.5. The van der Waals surface area contributed by atoms with Crippen LogP contribution in [-0.2, 0) is 11.2 Å². The zero-order chi connectivity index (χ0) is 16.1. The molecule has 126 valence electrons. The van der Waals surface area contributed by atoms with Gasteiger partial charge in [0.05, 0.1) is 12.0 Å². The van der Waals surface area contributed by atoms with Crippen LogP contribution in [0.5, 0.6) is 0 Å². The minimum atomic E-state index is -0.721. The summed E-state index contributed by atoms with van der Waals surface area (Å²) in [7, 11) is 0. The summed E-state index contributed by atoms with van der Waals surface area (Å²) in [4.78, 5) is 16.8. The summed E-state index contributed by atoms with van der Waals surface area (Å²) in [6.45, 7) is 4.53. The number of hydrogen-bond donors (Lipinski definition) is 1. The van der Waals surface area contributed by atoms with Crippen molar-refractivity contribution in [1.29, 1.82) is 0 Å². The molecule has 2 fully saturated rings. The second-order valence-electron chi connectivity index (χ2n) is 7.07. The first-order valence-corrected chi connectivity index (χ1v) is 8.91. The van der Waals surface area contributed by atoms with E-state index in [0.717, 1.165) is 64.8 Å². The number of piperazine rings is 1. The molecule has 0 bridgehead atoms. The van der Waals surface area contributed by atoms with Crippen LogP contribution < -0.4 is 0 Å². The van der Waals surface area contributed by atoms with Gasteiger partial charge in [0.1, 0.15) is 0 Å². The van der Waals surface area contributed by atoms with Gasteiger partial charge < -0.3 is 10.0 Å². The molecule has 1 saturated heterocycles. The third-order valence-corrected chi connectivity index (χ3v) is 5.30. The Morgan fingerprint density at radius 3 is 2.35 bits per heavy atom. The van der Waals surface area contributed by atoms with Gasteiger partial charge in [-0.25, -0.2) is 0 Å². The van der Waals surface area contributed by atoms with E-state index in [2.05, 4.69) is 29.2 Å². The van der Waals surface area contributed by atoms with Crippen LogP contribution in [0.2, 0.25) is 0 Å². The summed E-state index contributed by atoms with van der Waals surface area (Å²) in [5, 5.41) is 10.4. The van der Waals surface area contributed by atoms with Gasteiger partial charge in [0.15, 0.2) is 0 Å². The average molecular weight is 316 g/mol. The topological polar surface area (TPSA) is 43.8 Å². The van der Waals surface area contributed by atoms with Crippen LogP contribution in [0.4, 0.5) is 0 Å². The van der Waals surface area contributed by atoms with E-state index >= 15 is 0 Å². The maximum absolute atomic E-state index is 12.4. The van der Waals surface area contributed by atoms with Gasteiger partial charge in [-0.2, -0.15) is 0 Å². The van der Waals surface area contributed by atoms with Crippen molar-refractivity contribution in [3.8, 4) is 0 Å². The highest BCUT2D eigenvalue weighted by atomic mass is 16.3. The summed E-state index contributed by atoms with van der Waals surface area (Å²) in [5.74, 6) is 0.136. The molecule has 4 heteroatoms. The third-order valence-electron chi connectivity index (χ3n) is 5.30. The Kier molecular flexibility index (Phi) is 5.34. The van der Waals surface area contributed by atoms with Crippen molar-refractivity contribution in [1.82, 2.24) is 9.80 Å². The minimum Gasteiger partial charge on any atom is -0.389 e. The lowest BCUT2D eigenvalue weighted by Crippen LogP contribution is -2.50. The van der Waals surface area contributed by atoms with Crippen LogP contribution in [0.25, 0.3) is 0 Å². The van der Waals surface area contributed by atoms with E-state index < -0.39 is 5.60 Å². The molecule has 0 atom stereocenters. The number of amides is 1.